The van der Waals surface area contributed by atoms with E-state index < -0.39 is 23.9 Å². The second-order valence-corrected chi connectivity index (χ2v) is 4.79. The van der Waals surface area contributed by atoms with Crippen LogP contribution in [-0.4, -0.2) is 34.1 Å². The predicted octanol–water partition coefficient (Wildman–Crippen LogP) is 1.36. The van der Waals surface area contributed by atoms with E-state index in [1.165, 1.54) is 18.2 Å². The van der Waals surface area contributed by atoms with Gasteiger partial charge < -0.3 is 21.3 Å². The molecule has 114 valence electrons. The molecule has 0 radical (unpaired) electrons. The molecule has 0 aliphatic heterocycles. The first-order chi connectivity index (χ1) is 9.81. The van der Waals surface area contributed by atoms with Gasteiger partial charge in [0.25, 0.3) is 5.91 Å². The Morgan fingerprint density at radius 1 is 1.29 bits per heavy atom. The van der Waals surface area contributed by atoms with Crippen molar-refractivity contribution >= 4 is 35.1 Å². The number of hydrogen-bond acceptors (Lipinski definition) is 4. The monoisotopic (exact) mass is 314 g/mol. The molecule has 0 saturated heterocycles. The molecule has 1 aromatic carbocycles. The molecule has 1 atom stereocenters. The molecule has 0 unspecified atom stereocenters. The number of carbonyl (C=O) groups excluding carboxylic acids is 1. The van der Waals surface area contributed by atoms with E-state index in [-0.39, 0.29) is 30.5 Å². The number of hydrogen-bond donors (Lipinski definition) is 4. The van der Waals surface area contributed by atoms with Crippen LogP contribution in [0.2, 0.25) is 5.02 Å². The molecule has 1 amide bonds. The van der Waals surface area contributed by atoms with Crippen LogP contribution in [0.1, 0.15) is 29.6 Å². The standard InChI is InChI=1S/C13H15ClN2O5/c14-8-5-4-7(6-9(8)15)12(19)16-10(13(20)21)2-1-3-11(17)18/h4-6,10H,1-3,15H2,(H,16,19)(H,17,18)(H,20,21)/t10-/m1/s1. The third-order valence-electron chi connectivity index (χ3n) is 2.75. The first kappa shape index (κ1) is 16.8. The van der Waals surface area contributed by atoms with Gasteiger partial charge in [-0.25, -0.2) is 4.79 Å². The predicted molar refractivity (Wildman–Crippen MR) is 76.2 cm³/mol. The van der Waals surface area contributed by atoms with Gasteiger partial charge in [0, 0.05) is 12.0 Å². The van der Waals surface area contributed by atoms with Crippen molar-refractivity contribution in [3.8, 4) is 0 Å². The maximum atomic E-state index is 11.9. The summed E-state index contributed by atoms with van der Waals surface area (Å²) in [5.41, 5.74) is 5.96. The van der Waals surface area contributed by atoms with E-state index in [9.17, 15) is 14.4 Å². The van der Waals surface area contributed by atoms with Crippen molar-refractivity contribution in [3.05, 3.63) is 28.8 Å². The lowest BCUT2D eigenvalue weighted by atomic mass is 10.1. The molecule has 5 N–H and O–H groups in total. The quantitative estimate of drug-likeness (QED) is 0.562. The number of anilines is 1. The van der Waals surface area contributed by atoms with Gasteiger partial charge in [-0.2, -0.15) is 0 Å². The number of nitrogens with two attached hydrogens (primary N) is 1. The number of nitrogen functional groups attached to an aromatic ring is 1. The van der Waals surface area contributed by atoms with Crippen molar-refractivity contribution in [1.82, 2.24) is 5.32 Å². The maximum Gasteiger partial charge on any atom is 0.326 e. The first-order valence-electron chi connectivity index (χ1n) is 6.11. The third-order valence-corrected chi connectivity index (χ3v) is 3.09. The fourth-order valence-corrected chi connectivity index (χ4v) is 1.76. The van der Waals surface area contributed by atoms with Crippen molar-refractivity contribution in [2.45, 2.75) is 25.3 Å². The highest BCUT2D eigenvalue weighted by Crippen LogP contribution is 2.19. The topological polar surface area (TPSA) is 130 Å². The Labute approximate surface area is 125 Å². The molecule has 21 heavy (non-hydrogen) atoms. The molecule has 0 spiro atoms. The van der Waals surface area contributed by atoms with Crippen LogP contribution in [0.25, 0.3) is 0 Å². The van der Waals surface area contributed by atoms with E-state index in [2.05, 4.69) is 5.32 Å². The van der Waals surface area contributed by atoms with E-state index in [0.717, 1.165) is 0 Å². The molecule has 1 aromatic rings. The molecule has 0 saturated carbocycles. The highest BCUT2D eigenvalue weighted by molar-refractivity contribution is 6.33. The smallest absolute Gasteiger partial charge is 0.326 e. The van der Waals surface area contributed by atoms with Crippen LogP contribution in [0.5, 0.6) is 0 Å². The Hall–Kier alpha value is -2.28. The molecule has 0 aliphatic rings. The van der Waals surface area contributed by atoms with Gasteiger partial charge in [-0.1, -0.05) is 11.6 Å². The minimum absolute atomic E-state index is 0.0243. The molecule has 0 heterocycles. The summed E-state index contributed by atoms with van der Waals surface area (Å²) in [6.07, 6.45) is 0.0132. The Kier molecular flexibility index (Phi) is 5.98. The van der Waals surface area contributed by atoms with Crippen LogP contribution >= 0.6 is 11.6 Å². The Balaban J connectivity index is 2.69. The Morgan fingerprint density at radius 2 is 1.95 bits per heavy atom. The highest BCUT2D eigenvalue weighted by Gasteiger charge is 2.21. The van der Waals surface area contributed by atoms with Gasteiger partial charge in [0.15, 0.2) is 0 Å². The first-order valence-corrected chi connectivity index (χ1v) is 6.49. The van der Waals surface area contributed by atoms with E-state index in [1.807, 2.05) is 0 Å². The summed E-state index contributed by atoms with van der Waals surface area (Å²) >= 11 is 5.73. The minimum Gasteiger partial charge on any atom is -0.481 e. The van der Waals surface area contributed by atoms with E-state index >= 15 is 0 Å². The number of nitrogens with one attached hydrogen (secondary N) is 1. The lowest BCUT2D eigenvalue weighted by Crippen LogP contribution is -2.40. The van der Waals surface area contributed by atoms with Gasteiger partial charge in [0.05, 0.1) is 10.7 Å². The third kappa shape index (κ3) is 5.31. The molecule has 0 aromatic heterocycles. The lowest BCUT2D eigenvalue weighted by molar-refractivity contribution is -0.140. The second kappa shape index (κ2) is 7.49. The second-order valence-electron chi connectivity index (χ2n) is 4.39. The van der Waals surface area contributed by atoms with Gasteiger partial charge in [-0.3, -0.25) is 9.59 Å². The SMILES string of the molecule is Nc1cc(C(=O)N[C@H](CCCC(=O)O)C(=O)O)ccc1Cl. The molecule has 0 fully saturated rings. The normalized spacial score (nSPS) is 11.7. The van der Waals surface area contributed by atoms with Crippen LogP contribution in [0, 0.1) is 0 Å². The van der Waals surface area contributed by atoms with Crippen molar-refractivity contribution in [1.29, 1.82) is 0 Å². The van der Waals surface area contributed by atoms with Crippen molar-refractivity contribution in [2.75, 3.05) is 5.73 Å². The fraction of sp³-hybridized carbons (Fsp3) is 0.308. The summed E-state index contributed by atoms with van der Waals surface area (Å²) in [7, 11) is 0. The minimum atomic E-state index is -1.23. The van der Waals surface area contributed by atoms with Gasteiger partial charge >= 0.3 is 11.9 Å². The number of rotatable bonds is 7. The molecular formula is C13H15ClN2O5. The number of amides is 1. The fourth-order valence-electron chi connectivity index (χ4n) is 1.64. The molecule has 1 rings (SSSR count). The summed E-state index contributed by atoms with van der Waals surface area (Å²) in [6, 6.07) is 3.04. The number of carboxylic acids is 2. The van der Waals surface area contributed by atoms with Crippen LogP contribution in [-0.2, 0) is 9.59 Å². The van der Waals surface area contributed by atoms with Crippen molar-refractivity contribution in [2.24, 2.45) is 0 Å². The maximum absolute atomic E-state index is 11.9. The van der Waals surface area contributed by atoms with E-state index in [1.54, 1.807) is 0 Å². The van der Waals surface area contributed by atoms with E-state index in [4.69, 9.17) is 27.5 Å². The molecule has 8 heteroatoms. The van der Waals surface area contributed by atoms with Crippen LogP contribution in [0.4, 0.5) is 5.69 Å². The zero-order valence-corrected chi connectivity index (χ0v) is 11.8. The number of aliphatic carboxylic acids is 2. The summed E-state index contributed by atoms with van der Waals surface area (Å²) < 4.78 is 0. The van der Waals surface area contributed by atoms with Crippen LogP contribution in [0.15, 0.2) is 18.2 Å². The van der Waals surface area contributed by atoms with Crippen molar-refractivity contribution in [3.63, 3.8) is 0 Å². The zero-order valence-electron chi connectivity index (χ0n) is 11.0. The van der Waals surface area contributed by atoms with Crippen LogP contribution < -0.4 is 11.1 Å². The number of halogens is 1. The van der Waals surface area contributed by atoms with Gasteiger partial charge in [0.1, 0.15) is 6.04 Å². The summed E-state index contributed by atoms with van der Waals surface area (Å²) in [4.78, 5) is 33.4. The lowest BCUT2D eigenvalue weighted by Gasteiger charge is -2.14. The number of carboxylic acid groups (broad SMARTS) is 2. The van der Waals surface area contributed by atoms with Gasteiger partial charge in [0.2, 0.25) is 0 Å². The summed E-state index contributed by atoms with van der Waals surface area (Å²) in [5, 5.41) is 20.2. The van der Waals surface area contributed by atoms with Crippen molar-refractivity contribution < 1.29 is 24.6 Å². The van der Waals surface area contributed by atoms with Crippen LogP contribution in [0.3, 0.4) is 0 Å². The average molecular weight is 315 g/mol. The number of benzene rings is 1. The molecule has 0 aliphatic carbocycles. The summed E-state index contributed by atoms with van der Waals surface area (Å²) in [6.45, 7) is 0. The van der Waals surface area contributed by atoms with Gasteiger partial charge in [-0.05, 0) is 31.0 Å². The van der Waals surface area contributed by atoms with E-state index in [0.29, 0.717) is 5.02 Å². The molecular weight excluding hydrogens is 300 g/mol. The zero-order chi connectivity index (χ0) is 16.0. The Bertz CT molecular complexity index is 561. The number of carbonyl (C=O) groups is 3. The largest absolute Gasteiger partial charge is 0.481 e. The summed E-state index contributed by atoms with van der Waals surface area (Å²) in [5.74, 6) is -2.85. The van der Waals surface area contributed by atoms with Gasteiger partial charge in [-0.15, -0.1) is 0 Å². The molecule has 0 bridgehead atoms. The molecule has 7 nitrogen and oxygen atoms in total. The average Bonchev–Trinajstić information content (AvgIpc) is 2.40. The Morgan fingerprint density at radius 3 is 2.48 bits per heavy atom. The highest BCUT2D eigenvalue weighted by atomic mass is 35.5.